The van der Waals surface area contributed by atoms with Crippen LogP contribution in [0.25, 0.3) is 6.08 Å². The summed E-state index contributed by atoms with van der Waals surface area (Å²) in [7, 11) is 4.12. The molecule has 1 unspecified atom stereocenters. The molecule has 23 heavy (non-hydrogen) atoms. The number of para-hydroxylation sites is 1. The Morgan fingerprint density at radius 1 is 1.09 bits per heavy atom. The van der Waals surface area contributed by atoms with Gasteiger partial charge in [0, 0.05) is 38.4 Å². The summed E-state index contributed by atoms with van der Waals surface area (Å²) in [5, 5.41) is 0. The van der Waals surface area contributed by atoms with Crippen LogP contribution in [0, 0.1) is 0 Å². The van der Waals surface area contributed by atoms with E-state index < -0.39 is 0 Å². The molecule has 2 aromatic rings. The van der Waals surface area contributed by atoms with E-state index in [1.807, 2.05) is 0 Å². The highest BCUT2D eigenvalue weighted by Gasteiger charge is 2.46. The summed E-state index contributed by atoms with van der Waals surface area (Å²) >= 11 is 0. The van der Waals surface area contributed by atoms with Gasteiger partial charge in [-0.2, -0.15) is 0 Å². The number of rotatable bonds is 3. The Morgan fingerprint density at radius 2 is 1.87 bits per heavy atom. The summed E-state index contributed by atoms with van der Waals surface area (Å²) in [5.41, 5.74) is 4.81. The van der Waals surface area contributed by atoms with Crippen LogP contribution < -0.4 is 9.80 Å². The predicted molar refractivity (Wildman–Crippen MR) is 96.0 cm³/mol. The Balaban J connectivity index is 1.61. The van der Waals surface area contributed by atoms with Gasteiger partial charge in [0.25, 0.3) is 0 Å². The molecule has 3 heteroatoms. The molecule has 0 spiro atoms. The zero-order chi connectivity index (χ0) is 15.9. The first-order valence-corrected chi connectivity index (χ1v) is 8.14. The topological polar surface area (TPSA) is 15.7 Å². The molecule has 0 N–H and O–H groups in total. The zero-order valence-electron chi connectivity index (χ0n) is 13.7. The molecule has 0 radical (unpaired) electrons. The Kier molecular flexibility index (Phi) is 3.38. The lowest BCUT2D eigenvalue weighted by molar-refractivity contribution is 0.0538. The predicted octanol–water partition coefficient (Wildman–Crippen LogP) is 3.56. The second kappa shape index (κ2) is 5.43. The second-order valence-electron chi connectivity index (χ2n) is 6.47. The van der Waals surface area contributed by atoms with Crippen LogP contribution in [0.4, 0.5) is 11.4 Å². The molecule has 1 fully saturated rings. The lowest BCUT2D eigenvalue weighted by Crippen LogP contribution is -2.40. The highest BCUT2D eigenvalue weighted by Crippen LogP contribution is 2.43. The zero-order valence-corrected chi connectivity index (χ0v) is 13.7. The molecule has 1 atom stereocenters. The van der Waals surface area contributed by atoms with Gasteiger partial charge < -0.3 is 14.5 Å². The van der Waals surface area contributed by atoms with Crippen molar-refractivity contribution in [2.75, 3.05) is 37.0 Å². The lowest BCUT2D eigenvalue weighted by atomic mass is 10.1. The van der Waals surface area contributed by atoms with Crippen molar-refractivity contribution < 1.29 is 4.74 Å². The molecular formula is C20H22N2O. The monoisotopic (exact) mass is 306 g/mol. The minimum Gasteiger partial charge on any atom is -0.378 e. The fourth-order valence-electron chi connectivity index (χ4n) is 3.56. The molecule has 4 rings (SSSR count). The number of anilines is 2. The third-order valence-electron chi connectivity index (χ3n) is 4.80. The molecule has 0 saturated carbocycles. The number of benzene rings is 2. The third kappa shape index (κ3) is 2.41. The van der Waals surface area contributed by atoms with Crippen LogP contribution in [0.15, 0.2) is 54.6 Å². The fraction of sp³-hybridized carbons (Fsp3) is 0.300. The number of hydrogen-bond donors (Lipinski definition) is 0. The fourth-order valence-corrected chi connectivity index (χ4v) is 3.56. The quantitative estimate of drug-likeness (QED) is 0.862. The van der Waals surface area contributed by atoms with E-state index in [-0.39, 0.29) is 5.72 Å². The van der Waals surface area contributed by atoms with Gasteiger partial charge in [-0.15, -0.1) is 0 Å². The van der Waals surface area contributed by atoms with Gasteiger partial charge in [0.05, 0.1) is 6.61 Å². The Morgan fingerprint density at radius 3 is 2.65 bits per heavy atom. The summed E-state index contributed by atoms with van der Waals surface area (Å²) in [6, 6.07) is 17.2. The first kappa shape index (κ1) is 14.3. The summed E-state index contributed by atoms with van der Waals surface area (Å²) < 4.78 is 6.16. The van der Waals surface area contributed by atoms with Gasteiger partial charge >= 0.3 is 0 Å². The van der Waals surface area contributed by atoms with E-state index in [4.69, 9.17) is 4.74 Å². The van der Waals surface area contributed by atoms with Crippen molar-refractivity contribution in [3.63, 3.8) is 0 Å². The lowest BCUT2D eigenvalue weighted by Gasteiger charge is -2.29. The van der Waals surface area contributed by atoms with Gasteiger partial charge in [0.15, 0.2) is 5.72 Å². The van der Waals surface area contributed by atoms with E-state index in [9.17, 15) is 0 Å². The number of nitrogens with zero attached hydrogens (tertiary/aromatic N) is 2. The minimum absolute atomic E-state index is 0.302. The first-order chi connectivity index (χ1) is 11.2. The Hall–Kier alpha value is -2.26. The molecule has 1 saturated heterocycles. The normalized spacial score (nSPS) is 22.4. The molecule has 0 aromatic heterocycles. The first-order valence-electron chi connectivity index (χ1n) is 8.14. The van der Waals surface area contributed by atoms with Gasteiger partial charge in [-0.1, -0.05) is 36.4 Å². The maximum Gasteiger partial charge on any atom is 0.165 e. The van der Waals surface area contributed by atoms with Crippen molar-refractivity contribution in [1.29, 1.82) is 0 Å². The highest BCUT2D eigenvalue weighted by molar-refractivity contribution is 5.65. The molecule has 3 nitrogen and oxygen atoms in total. The van der Waals surface area contributed by atoms with Gasteiger partial charge in [-0.25, -0.2) is 0 Å². The second-order valence-corrected chi connectivity index (χ2v) is 6.47. The number of fused-ring (bicyclic) bond motifs is 3. The van der Waals surface area contributed by atoms with Crippen molar-refractivity contribution in [3.8, 4) is 0 Å². The largest absolute Gasteiger partial charge is 0.378 e. The van der Waals surface area contributed by atoms with Crippen LogP contribution in [0.1, 0.15) is 11.1 Å². The summed E-state index contributed by atoms with van der Waals surface area (Å²) in [6.07, 6.45) is 5.34. The summed E-state index contributed by atoms with van der Waals surface area (Å²) in [4.78, 5) is 4.51. The van der Waals surface area contributed by atoms with Crippen LogP contribution in [-0.4, -0.2) is 33.0 Å². The molecule has 2 aromatic carbocycles. The standard InChI is InChI=1S/C20H22N2O/c1-21(2)18-9-7-16(8-10-18)11-12-20-15-17-5-3-4-6-19(17)22(20)13-14-23-20/h3-12H,13-15H2,1-2H3. The van der Waals surface area contributed by atoms with Crippen molar-refractivity contribution in [2.24, 2.45) is 0 Å². The van der Waals surface area contributed by atoms with Gasteiger partial charge in [-0.3, -0.25) is 0 Å². The molecule has 0 bridgehead atoms. The molecule has 2 heterocycles. The van der Waals surface area contributed by atoms with Gasteiger partial charge in [-0.05, 0) is 35.4 Å². The van der Waals surface area contributed by atoms with Gasteiger partial charge in [0.1, 0.15) is 0 Å². The van der Waals surface area contributed by atoms with Crippen molar-refractivity contribution in [1.82, 2.24) is 0 Å². The van der Waals surface area contributed by atoms with Crippen LogP contribution in [0.2, 0.25) is 0 Å². The van der Waals surface area contributed by atoms with Crippen LogP contribution in [0.3, 0.4) is 0 Å². The number of hydrogen-bond acceptors (Lipinski definition) is 3. The molecule has 118 valence electrons. The smallest absolute Gasteiger partial charge is 0.165 e. The Labute approximate surface area is 137 Å². The SMILES string of the molecule is CN(C)c1ccc(C=CC23Cc4ccccc4N2CCO3)cc1. The average molecular weight is 306 g/mol. The van der Waals surface area contributed by atoms with E-state index in [1.54, 1.807) is 0 Å². The van der Waals surface area contributed by atoms with Crippen LogP contribution >= 0.6 is 0 Å². The molecule has 2 aliphatic heterocycles. The van der Waals surface area contributed by atoms with Crippen molar-refractivity contribution in [2.45, 2.75) is 12.1 Å². The highest BCUT2D eigenvalue weighted by atomic mass is 16.5. The summed E-state index contributed by atoms with van der Waals surface area (Å²) in [5.74, 6) is 0. The molecule has 2 aliphatic rings. The van der Waals surface area contributed by atoms with E-state index in [0.717, 1.165) is 19.6 Å². The summed E-state index contributed by atoms with van der Waals surface area (Å²) in [6.45, 7) is 1.75. The van der Waals surface area contributed by atoms with E-state index in [1.165, 1.54) is 22.5 Å². The van der Waals surface area contributed by atoms with E-state index in [2.05, 4.69) is 84.6 Å². The van der Waals surface area contributed by atoms with Crippen LogP contribution in [-0.2, 0) is 11.2 Å². The molecule has 0 aliphatic carbocycles. The maximum atomic E-state index is 6.16. The Bertz CT molecular complexity index is 736. The number of ether oxygens (including phenoxy) is 1. The van der Waals surface area contributed by atoms with E-state index >= 15 is 0 Å². The van der Waals surface area contributed by atoms with Crippen LogP contribution in [0.5, 0.6) is 0 Å². The average Bonchev–Trinajstić information content (AvgIpc) is 3.09. The third-order valence-corrected chi connectivity index (χ3v) is 4.80. The maximum absolute atomic E-state index is 6.16. The molecule has 0 amide bonds. The molecular weight excluding hydrogens is 284 g/mol. The van der Waals surface area contributed by atoms with Crippen molar-refractivity contribution >= 4 is 17.5 Å². The minimum atomic E-state index is -0.302. The van der Waals surface area contributed by atoms with Crippen molar-refractivity contribution in [3.05, 3.63) is 65.7 Å². The van der Waals surface area contributed by atoms with Gasteiger partial charge in [0.2, 0.25) is 0 Å². The van der Waals surface area contributed by atoms with E-state index in [0.29, 0.717) is 0 Å².